The first kappa shape index (κ1) is 16.6. The Hall–Kier alpha value is -3.21. The van der Waals surface area contributed by atoms with Gasteiger partial charge in [-0.1, -0.05) is 31.2 Å². The molecule has 25 heavy (non-hydrogen) atoms. The van der Waals surface area contributed by atoms with Crippen LogP contribution < -0.4 is 5.32 Å². The van der Waals surface area contributed by atoms with Crippen LogP contribution in [-0.2, 0) is 20.7 Å². The first-order chi connectivity index (χ1) is 12.0. The van der Waals surface area contributed by atoms with E-state index in [2.05, 4.69) is 17.2 Å². The summed E-state index contributed by atoms with van der Waals surface area (Å²) in [4.78, 5) is 27.4. The number of esters is 1. The molecule has 0 aromatic heterocycles. The third-order valence-electron chi connectivity index (χ3n) is 3.76. The number of carbonyl (C=O) groups is 2. The number of anilines is 1. The number of carbonyl (C=O) groups excluding carboxylic acids is 2. The number of benzene rings is 2. The first-order valence-electron chi connectivity index (χ1n) is 8.04. The zero-order valence-electron chi connectivity index (χ0n) is 14.1. The monoisotopic (exact) mass is 334 g/mol. The minimum atomic E-state index is -0.472. The van der Waals surface area contributed by atoms with Crippen LogP contribution in [0.2, 0.25) is 0 Å². The normalized spacial score (nSPS) is 15.0. The lowest BCUT2D eigenvalue weighted by Crippen LogP contribution is -2.07. The van der Waals surface area contributed by atoms with Gasteiger partial charge in [-0.3, -0.25) is 4.79 Å². The maximum absolute atomic E-state index is 12.0. The number of aliphatic imine (C=N–C) groups is 1. The van der Waals surface area contributed by atoms with Gasteiger partial charge < -0.3 is 10.1 Å². The molecule has 0 fully saturated rings. The smallest absolute Gasteiger partial charge is 0.363 e. The van der Waals surface area contributed by atoms with Gasteiger partial charge in [0.25, 0.3) is 0 Å². The number of rotatable bonds is 4. The van der Waals surface area contributed by atoms with E-state index in [1.54, 1.807) is 30.3 Å². The Morgan fingerprint density at radius 1 is 1.12 bits per heavy atom. The first-order valence-corrected chi connectivity index (χ1v) is 8.04. The fraction of sp³-hybridized carbons (Fsp3) is 0.150. The summed E-state index contributed by atoms with van der Waals surface area (Å²) in [6, 6.07) is 14.9. The fourth-order valence-electron chi connectivity index (χ4n) is 2.44. The molecule has 0 unspecified atom stereocenters. The average molecular weight is 334 g/mol. The molecule has 1 heterocycles. The molecule has 0 saturated heterocycles. The number of amides is 1. The molecule has 3 rings (SSSR count). The van der Waals surface area contributed by atoms with Crippen molar-refractivity contribution in [1.29, 1.82) is 0 Å². The number of nitrogens with one attached hydrogen (secondary N) is 1. The Kier molecular flexibility index (Phi) is 4.75. The Morgan fingerprint density at radius 2 is 1.80 bits per heavy atom. The van der Waals surface area contributed by atoms with Gasteiger partial charge in [-0.15, -0.1) is 0 Å². The molecule has 0 spiro atoms. The molecule has 0 radical (unpaired) electrons. The van der Waals surface area contributed by atoms with Crippen LogP contribution in [0.4, 0.5) is 5.69 Å². The van der Waals surface area contributed by atoms with Crippen molar-refractivity contribution in [2.24, 2.45) is 4.99 Å². The number of hydrogen-bond donors (Lipinski definition) is 1. The van der Waals surface area contributed by atoms with Gasteiger partial charge in [-0.05, 0) is 47.9 Å². The zero-order valence-corrected chi connectivity index (χ0v) is 14.1. The second kappa shape index (κ2) is 7.13. The Labute approximate surface area is 146 Å². The van der Waals surface area contributed by atoms with Crippen LogP contribution >= 0.6 is 0 Å². The molecule has 5 heteroatoms. The summed E-state index contributed by atoms with van der Waals surface area (Å²) < 4.78 is 5.25. The molecule has 0 aliphatic carbocycles. The van der Waals surface area contributed by atoms with Gasteiger partial charge >= 0.3 is 5.97 Å². The number of nitrogens with zero attached hydrogens (tertiary/aromatic N) is 1. The molecule has 0 bridgehead atoms. The molecule has 2 aromatic carbocycles. The summed E-state index contributed by atoms with van der Waals surface area (Å²) in [5.41, 5.74) is 3.75. The molecule has 126 valence electrons. The number of cyclic esters (lactones) is 1. The van der Waals surface area contributed by atoms with Crippen LogP contribution in [0, 0.1) is 0 Å². The summed E-state index contributed by atoms with van der Waals surface area (Å²) in [7, 11) is 0. The van der Waals surface area contributed by atoms with E-state index in [9.17, 15) is 9.59 Å². The average Bonchev–Trinajstić information content (AvgIpc) is 2.96. The highest BCUT2D eigenvalue weighted by Gasteiger charge is 2.24. The van der Waals surface area contributed by atoms with Crippen molar-refractivity contribution in [2.45, 2.75) is 20.3 Å². The minimum absolute atomic E-state index is 0.142. The summed E-state index contributed by atoms with van der Waals surface area (Å²) in [6.07, 6.45) is 2.68. The third-order valence-corrected chi connectivity index (χ3v) is 3.76. The lowest BCUT2D eigenvalue weighted by Gasteiger charge is -2.03. The topological polar surface area (TPSA) is 67.8 Å². The van der Waals surface area contributed by atoms with Crippen molar-refractivity contribution in [2.75, 3.05) is 5.32 Å². The van der Waals surface area contributed by atoms with Crippen molar-refractivity contribution in [1.82, 2.24) is 0 Å². The van der Waals surface area contributed by atoms with Gasteiger partial charge in [0.05, 0.1) is 0 Å². The van der Waals surface area contributed by atoms with Crippen molar-refractivity contribution in [3.8, 4) is 0 Å². The van der Waals surface area contributed by atoms with Gasteiger partial charge in [-0.25, -0.2) is 9.79 Å². The van der Waals surface area contributed by atoms with Gasteiger partial charge in [0.2, 0.25) is 11.8 Å². The van der Waals surface area contributed by atoms with Crippen LogP contribution in [0.25, 0.3) is 6.08 Å². The molecule has 1 amide bonds. The van der Waals surface area contributed by atoms with E-state index in [1.807, 2.05) is 24.3 Å². The highest BCUT2D eigenvalue weighted by atomic mass is 16.6. The summed E-state index contributed by atoms with van der Waals surface area (Å²) in [5.74, 6) is -0.354. The molecular formula is C20H18N2O3. The number of hydrogen-bond acceptors (Lipinski definition) is 4. The van der Waals surface area contributed by atoms with Crippen LogP contribution in [0.1, 0.15) is 30.5 Å². The maximum atomic E-state index is 12.0. The third kappa shape index (κ3) is 4.01. The van der Waals surface area contributed by atoms with E-state index >= 15 is 0 Å². The van der Waals surface area contributed by atoms with E-state index in [4.69, 9.17) is 4.74 Å². The van der Waals surface area contributed by atoms with E-state index in [0.717, 1.165) is 12.0 Å². The Morgan fingerprint density at radius 3 is 2.40 bits per heavy atom. The molecule has 5 nitrogen and oxygen atoms in total. The van der Waals surface area contributed by atoms with E-state index in [1.165, 1.54) is 12.5 Å². The second-order valence-corrected chi connectivity index (χ2v) is 5.69. The Balaban J connectivity index is 1.81. The Bertz CT molecular complexity index is 863. The van der Waals surface area contributed by atoms with Crippen LogP contribution in [-0.4, -0.2) is 17.8 Å². The fourth-order valence-corrected chi connectivity index (χ4v) is 2.44. The van der Waals surface area contributed by atoms with Gasteiger partial charge in [0.15, 0.2) is 5.70 Å². The van der Waals surface area contributed by atoms with Crippen LogP contribution in [0.5, 0.6) is 0 Å². The van der Waals surface area contributed by atoms with Crippen molar-refractivity contribution >= 4 is 29.5 Å². The predicted molar refractivity (Wildman–Crippen MR) is 97.2 cm³/mol. The largest absolute Gasteiger partial charge is 0.402 e. The van der Waals surface area contributed by atoms with E-state index < -0.39 is 5.97 Å². The highest BCUT2D eigenvalue weighted by Crippen LogP contribution is 2.20. The molecule has 2 aromatic rings. The molecular weight excluding hydrogens is 316 g/mol. The standard InChI is InChI=1S/C20H18N2O3/c1-3-14-4-6-15(7-5-14)12-18-20(24)25-19(22-18)16-8-10-17(11-9-16)21-13(2)23/h4-12H,3H2,1-2H3,(H,21,23)/b18-12-. The lowest BCUT2D eigenvalue weighted by molar-refractivity contribution is -0.129. The molecule has 1 aliphatic rings. The van der Waals surface area contributed by atoms with Crippen molar-refractivity contribution < 1.29 is 14.3 Å². The molecule has 1 N–H and O–H groups in total. The quantitative estimate of drug-likeness (QED) is 0.687. The summed E-state index contributed by atoms with van der Waals surface area (Å²) in [5, 5.41) is 2.68. The number of aryl methyl sites for hydroxylation is 1. The molecule has 0 saturated carbocycles. The van der Waals surface area contributed by atoms with Gasteiger partial charge in [-0.2, -0.15) is 0 Å². The summed E-state index contributed by atoms with van der Waals surface area (Å²) in [6.45, 7) is 3.54. The van der Waals surface area contributed by atoms with Crippen LogP contribution in [0.15, 0.2) is 59.2 Å². The lowest BCUT2D eigenvalue weighted by atomic mass is 10.1. The van der Waals surface area contributed by atoms with Gasteiger partial charge in [0, 0.05) is 18.2 Å². The van der Waals surface area contributed by atoms with E-state index in [-0.39, 0.29) is 17.5 Å². The summed E-state index contributed by atoms with van der Waals surface area (Å²) >= 11 is 0. The highest BCUT2D eigenvalue weighted by molar-refractivity contribution is 6.13. The zero-order chi connectivity index (χ0) is 17.8. The second-order valence-electron chi connectivity index (χ2n) is 5.69. The number of ether oxygens (including phenoxy) is 1. The predicted octanol–water partition coefficient (Wildman–Crippen LogP) is 3.55. The van der Waals surface area contributed by atoms with Crippen molar-refractivity contribution in [3.63, 3.8) is 0 Å². The SMILES string of the molecule is CCc1ccc(/C=C2\N=C(c3ccc(NC(C)=O)cc3)OC2=O)cc1. The van der Waals surface area contributed by atoms with Crippen LogP contribution in [0.3, 0.4) is 0 Å². The minimum Gasteiger partial charge on any atom is -0.402 e. The maximum Gasteiger partial charge on any atom is 0.363 e. The van der Waals surface area contributed by atoms with Gasteiger partial charge in [0.1, 0.15) is 0 Å². The molecule has 1 aliphatic heterocycles. The van der Waals surface area contributed by atoms with E-state index in [0.29, 0.717) is 11.3 Å². The van der Waals surface area contributed by atoms with Crippen molar-refractivity contribution in [3.05, 3.63) is 70.9 Å². The molecule has 0 atom stereocenters.